The fraction of sp³-hybridized carbons (Fsp3) is 0.643. The second-order valence-electron chi connectivity index (χ2n) is 5.68. The number of hydrogen-bond acceptors (Lipinski definition) is 4. The highest BCUT2D eigenvalue weighted by atomic mass is 32.2. The van der Waals surface area contributed by atoms with Crippen molar-refractivity contribution in [1.82, 2.24) is 9.29 Å². The van der Waals surface area contributed by atoms with Crippen molar-refractivity contribution in [3.05, 3.63) is 18.3 Å². The number of pyridine rings is 1. The van der Waals surface area contributed by atoms with Crippen molar-refractivity contribution in [1.29, 1.82) is 0 Å². The summed E-state index contributed by atoms with van der Waals surface area (Å²) in [6, 6.07) is 3.38. The van der Waals surface area contributed by atoms with Crippen LogP contribution in [0.3, 0.4) is 0 Å². The van der Waals surface area contributed by atoms with Crippen LogP contribution in [0.4, 0.5) is 5.82 Å². The highest BCUT2D eigenvalue weighted by molar-refractivity contribution is 7.89. The van der Waals surface area contributed by atoms with E-state index in [2.05, 4.69) is 10.3 Å². The fourth-order valence-electron chi connectivity index (χ4n) is 3.36. The van der Waals surface area contributed by atoms with Crippen molar-refractivity contribution in [2.24, 2.45) is 11.8 Å². The quantitative estimate of drug-likeness (QED) is 0.922. The first kappa shape index (κ1) is 13.8. The summed E-state index contributed by atoms with van der Waals surface area (Å²) in [5, 5.41) is 3.07. The van der Waals surface area contributed by atoms with Crippen molar-refractivity contribution in [2.45, 2.75) is 31.1 Å². The van der Waals surface area contributed by atoms with Crippen LogP contribution in [0.15, 0.2) is 23.2 Å². The van der Waals surface area contributed by atoms with Gasteiger partial charge in [-0.15, -0.1) is 0 Å². The molecule has 2 aliphatic rings. The third-order valence-electron chi connectivity index (χ3n) is 4.42. The highest BCUT2D eigenvalue weighted by Crippen LogP contribution is 2.39. The first-order valence-corrected chi connectivity index (χ1v) is 8.75. The largest absolute Gasteiger partial charge is 0.370 e. The maximum absolute atomic E-state index is 12.6. The standard InChI is InChI=1S/C14H21N3O2S/c1-2-15-14-7-6-13(8-16-14)20(18,19)17-9-11-4-3-5-12(11)10-17/h6-8,11-12H,2-5,9-10H2,1H3,(H,15,16). The maximum atomic E-state index is 12.6. The van der Waals surface area contributed by atoms with Crippen LogP contribution in [0.25, 0.3) is 0 Å². The van der Waals surface area contributed by atoms with Crippen molar-refractivity contribution in [3.8, 4) is 0 Å². The first-order chi connectivity index (χ1) is 9.61. The van der Waals surface area contributed by atoms with Crippen LogP contribution in [-0.4, -0.2) is 37.3 Å². The van der Waals surface area contributed by atoms with Crippen LogP contribution in [0, 0.1) is 11.8 Å². The molecule has 1 aliphatic carbocycles. The summed E-state index contributed by atoms with van der Waals surface area (Å²) in [6.07, 6.45) is 5.06. The second kappa shape index (κ2) is 5.33. The zero-order chi connectivity index (χ0) is 14.2. The van der Waals surface area contributed by atoms with Gasteiger partial charge in [-0.3, -0.25) is 0 Å². The van der Waals surface area contributed by atoms with Crippen LogP contribution >= 0.6 is 0 Å². The molecule has 2 fully saturated rings. The molecule has 0 amide bonds. The number of fused-ring (bicyclic) bond motifs is 1. The molecule has 2 unspecified atom stereocenters. The van der Waals surface area contributed by atoms with E-state index in [1.165, 1.54) is 25.5 Å². The Kier molecular flexibility index (Phi) is 3.69. The molecule has 3 rings (SSSR count). The molecule has 1 aliphatic heterocycles. The summed E-state index contributed by atoms with van der Waals surface area (Å²) in [5.74, 6) is 1.85. The first-order valence-electron chi connectivity index (χ1n) is 7.31. The van der Waals surface area contributed by atoms with Crippen LogP contribution in [0.5, 0.6) is 0 Å². The van der Waals surface area contributed by atoms with E-state index in [0.29, 0.717) is 35.6 Å². The molecule has 1 N–H and O–H groups in total. The third-order valence-corrected chi connectivity index (χ3v) is 6.24. The number of sulfonamides is 1. The average Bonchev–Trinajstić information content (AvgIpc) is 3.00. The number of aromatic nitrogens is 1. The molecule has 1 aromatic rings. The van der Waals surface area contributed by atoms with Gasteiger partial charge >= 0.3 is 0 Å². The molecule has 1 aromatic heterocycles. The summed E-state index contributed by atoms with van der Waals surface area (Å²) < 4.78 is 26.8. The van der Waals surface area contributed by atoms with Gasteiger partial charge in [-0.2, -0.15) is 4.31 Å². The van der Waals surface area contributed by atoms with E-state index in [1.54, 1.807) is 16.4 Å². The third kappa shape index (κ3) is 2.42. The van der Waals surface area contributed by atoms with Crippen LogP contribution in [-0.2, 0) is 10.0 Å². The number of rotatable bonds is 4. The lowest BCUT2D eigenvalue weighted by Gasteiger charge is -2.17. The van der Waals surface area contributed by atoms with Gasteiger partial charge in [0.2, 0.25) is 10.0 Å². The Hall–Kier alpha value is -1.14. The molecule has 0 bridgehead atoms. The summed E-state index contributed by atoms with van der Waals surface area (Å²) in [5.41, 5.74) is 0. The van der Waals surface area contributed by atoms with E-state index >= 15 is 0 Å². The lowest BCUT2D eigenvalue weighted by molar-refractivity contribution is 0.445. The van der Waals surface area contributed by atoms with E-state index < -0.39 is 10.0 Å². The zero-order valence-electron chi connectivity index (χ0n) is 11.7. The molecule has 2 atom stereocenters. The number of anilines is 1. The molecular formula is C14H21N3O2S. The van der Waals surface area contributed by atoms with Crippen LogP contribution < -0.4 is 5.32 Å². The van der Waals surface area contributed by atoms with Gasteiger partial charge in [0, 0.05) is 25.8 Å². The molecule has 0 aromatic carbocycles. The van der Waals surface area contributed by atoms with Crippen molar-refractivity contribution >= 4 is 15.8 Å². The van der Waals surface area contributed by atoms with Gasteiger partial charge in [0.05, 0.1) is 0 Å². The van der Waals surface area contributed by atoms with Gasteiger partial charge in [0.25, 0.3) is 0 Å². The van der Waals surface area contributed by atoms with Gasteiger partial charge < -0.3 is 5.32 Å². The van der Waals surface area contributed by atoms with Crippen LogP contribution in [0.2, 0.25) is 0 Å². The summed E-state index contributed by atoms with van der Waals surface area (Å²) >= 11 is 0. The summed E-state index contributed by atoms with van der Waals surface area (Å²) in [6.45, 7) is 4.12. The smallest absolute Gasteiger partial charge is 0.244 e. The number of hydrogen-bond donors (Lipinski definition) is 1. The molecule has 5 nitrogen and oxygen atoms in total. The van der Waals surface area contributed by atoms with Gasteiger partial charge in [-0.25, -0.2) is 13.4 Å². The SMILES string of the molecule is CCNc1ccc(S(=O)(=O)N2CC3CCCC3C2)cn1. The average molecular weight is 295 g/mol. The maximum Gasteiger partial charge on any atom is 0.244 e. The molecule has 6 heteroatoms. The second-order valence-corrected chi connectivity index (χ2v) is 7.62. The van der Waals surface area contributed by atoms with Crippen molar-refractivity contribution in [2.75, 3.05) is 25.0 Å². The molecule has 1 saturated heterocycles. The van der Waals surface area contributed by atoms with E-state index in [1.807, 2.05) is 6.92 Å². The number of nitrogens with one attached hydrogen (secondary N) is 1. The Bertz CT molecular complexity index is 559. The molecule has 2 heterocycles. The lowest BCUT2D eigenvalue weighted by Crippen LogP contribution is -2.29. The Morgan fingerprint density at radius 3 is 2.55 bits per heavy atom. The summed E-state index contributed by atoms with van der Waals surface area (Å²) in [7, 11) is -3.37. The number of nitrogens with zero attached hydrogens (tertiary/aromatic N) is 2. The molecule has 1 saturated carbocycles. The normalized spacial score (nSPS) is 26.6. The predicted octanol–water partition coefficient (Wildman–Crippen LogP) is 1.93. The Morgan fingerprint density at radius 1 is 1.30 bits per heavy atom. The minimum absolute atomic E-state index is 0.305. The van der Waals surface area contributed by atoms with Gasteiger partial charge in [-0.1, -0.05) is 6.42 Å². The van der Waals surface area contributed by atoms with Crippen molar-refractivity contribution < 1.29 is 8.42 Å². The molecule has 0 spiro atoms. The Balaban J connectivity index is 1.78. The molecular weight excluding hydrogens is 274 g/mol. The molecule has 0 radical (unpaired) electrons. The lowest BCUT2D eigenvalue weighted by atomic mass is 10.0. The minimum Gasteiger partial charge on any atom is -0.370 e. The van der Waals surface area contributed by atoms with E-state index in [-0.39, 0.29) is 0 Å². The molecule has 20 heavy (non-hydrogen) atoms. The molecule has 110 valence electrons. The summed E-state index contributed by atoms with van der Waals surface area (Å²) in [4.78, 5) is 4.47. The zero-order valence-corrected chi connectivity index (χ0v) is 12.6. The van der Waals surface area contributed by atoms with Gasteiger partial charge in [-0.05, 0) is 43.7 Å². The van der Waals surface area contributed by atoms with E-state index in [4.69, 9.17) is 0 Å². The Labute approximate surface area is 120 Å². The van der Waals surface area contributed by atoms with E-state index in [9.17, 15) is 8.42 Å². The van der Waals surface area contributed by atoms with Crippen LogP contribution in [0.1, 0.15) is 26.2 Å². The topological polar surface area (TPSA) is 62.3 Å². The van der Waals surface area contributed by atoms with Crippen molar-refractivity contribution in [3.63, 3.8) is 0 Å². The fourth-order valence-corrected chi connectivity index (χ4v) is 4.86. The highest BCUT2D eigenvalue weighted by Gasteiger charge is 2.41. The predicted molar refractivity (Wildman–Crippen MR) is 78.0 cm³/mol. The monoisotopic (exact) mass is 295 g/mol. The van der Waals surface area contributed by atoms with E-state index in [0.717, 1.165) is 6.54 Å². The van der Waals surface area contributed by atoms with Gasteiger partial charge in [0.1, 0.15) is 10.7 Å². The Morgan fingerprint density at radius 2 is 2.00 bits per heavy atom. The minimum atomic E-state index is -3.37. The van der Waals surface area contributed by atoms with Gasteiger partial charge in [0.15, 0.2) is 0 Å².